The molecule has 2 aliphatic rings. The molecule has 0 unspecified atom stereocenters. The highest BCUT2D eigenvalue weighted by atomic mass is 32.2. The van der Waals surface area contributed by atoms with Crippen molar-refractivity contribution in [3.8, 4) is 11.5 Å². The lowest BCUT2D eigenvalue weighted by atomic mass is 9.98. The van der Waals surface area contributed by atoms with Gasteiger partial charge in [0.05, 0.1) is 10.5 Å². The molecule has 9 heteroatoms. The van der Waals surface area contributed by atoms with Gasteiger partial charge in [0, 0.05) is 24.0 Å². The van der Waals surface area contributed by atoms with Crippen LogP contribution in [0.25, 0.3) is 0 Å². The zero-order valence-electron chi connectivity index (χ0n) is 19.2. The molecule has 1 saturated heterocycles. The SMILES string of the molecule is CSc1ccc(S(=O)(=O)N[C@H](C)c2ccc3c(c2)OCCO3)cc1C(=O)N1CCC(C)CC1. The van der Waals surface area contributed by atoms with Crippen LogP contribution in [0.4, 0.5) is 0 Å². The molecule has 2 aliphatic heterocycles. The van der Waals surface area contributed by atoms with E-state index in [4.69, 9.17) is 9.47 Å². The standard InChI is InChI=1S/C24H30N2O5S2/c1-16-8-10-26(11-9-16)24(27)20-15-19(5-7-23(20)32-3)33(28,29)25-17(2)18-4-6-21-22(14-18)31-13-12-30-21/h4-7,14-17,25H,8-13H2,1-3H3/t17-/m1/s1. The maximum atomic E-state index is 13.2. The summed E-state index contributed by atoms with van der Waals surface area (Å²) >= 11 is 1.44. The number of nitrogens with zero attached hydrogens (tertiary/aromatic N) is 1. The van der Waals surface area contributed by atoms with Gasteiger partial charge in [-0.3, -0.25) is 4.79 Å². The minimum absolute atomic E-state index is 0.0819. The van der Waals surface area contributed by atoms with Gasteiger partial charge in [-0.2, -0.15) is 0 Å². The molecular formula is C24H30N2O5S2. The lowest BCUT2D eigenvalue weighted by Gasteiger charge is -2.31. The van der Waals surface area contributed by atoms with Gasteiger partial charge in [0.2, 0.25) is 10.0 Å². The van der Waals surface area contributed by atoms with E-state index in [-0.39, 0.29) is 10.8 Å². The summed E-state index contributed by atoms with van der Waals surface area (Å²) in [5.74, 6) is 1.76. The Labute approximate surface area is 199 Å². The highest BCUT2D eigenvalue weighted by molar-refractivity contribution is 7.98. The van der Waals surface area contributed by atoms with Crippen molar-refractivity contribution in [1.29, 1.82) is 0 Å². The summed E-state index contributed by atoms with van der Waals surface area (Å²) in [7, 11) is -3.85. The Morgan fingerprint density at radius 2 is 1.79 bits per heavy atom. The molecule has 33 heavy (non-hydrogen) atoms. The van der Waals surface area contributed by atoms with Gasteiger partial charge in [-0.15, -0.1) is 11.8 Å². The van der Waals surface area contributed by atoms with Crippen LogP contribution in [0.3, 0.4) is 0 Å². The first-order valence-electron chi connectivity index (χ1n) is 11.2. The molecule has 1 N–H and O–H groups in total. The molecular weight excluding hydrogens is 460 g/mol. The number of hydrogen-bond donors (Lipinski definition) is 1. The van der Waals surface area contributed by atoms with Crippen LogP contribution in [0.5, 0.6) is 11.5 Å². The highest BCUT2D eigenvalue weighted by Gasteiger charge is 2.26. The van der Waals surface area contributed by atoms with Crippen LogP contribution in [0.1, 0.15) is 48.7 Å². The molecule has 0 spiro atoms. The molecule has 2 aromatic rings. The normalized spacial score (nSPS) is 17.6. The number of thioether (sulfide) groups is 1. The molecule has 2 heterocycles. The number of amides is 1. The molecule has 4 rings (SSSR count). The van der Waals surface area contributed by atoms with Crippen LogP contribution in [0, 0.1) is 5.92 Å². The third-order valence-corrected chi connectivity index (χ3v) is 8.51. The Morgan fingerprint density at radius 1 is 1.09 bits per heavy atom. The lowest BCUT2D eigenvalue weighted by Crippen LogP contribution is -2.38. The van der Waals surface area contributed by atoms with Crippen molar-refractivity contribution in [2.75, 3.05) is 32.6 Å². The van der Waals surface area contributed by atoms with Gasteiger partial charge in [0.25, 0.3) is 5.91 Å². The zero-order valence-corrected chi connectivity index (χ0v) is 20.8. The van der Waals surface area contributed by atoms with Crippen LogP contribution >= 0.6 is 11.8 Å². The molecule has 0 aliphatic carbocycles. The summed E-state index contributed by atoms with van der Waals surface area (Å²) in [6.07, 6.45) is 3.82. The van der Waals surface area contributed by atoms with Crippen molar-refractivity contribution < 1.29 is 22.7 Å². The average Bonchev–Trinajstić information content (AvgIpc) is 2.83. The number of benzene rings is 2. The monoisotopic (exact) mass is 490 g/mol. The van der Waals surface area contributed by atoms with E-state index in [0.717, 1.165) is 23.3 Å². The van der Waals surface area contributed by atoms with Gasteiger partial charge in [-0.25, -0.2) is 13.1 Å². The van der Waals surface area contributed by atoms with Crippen molar-refractivity contribution in [3.05, 3.63) is 47.5 Å². The number of piperidine rings is 1. The van der Waals surface area contributed by atoms with Crippen LogP contribution in [-0.4, -0.2) is 51.8 Å². The Hall–Kier alpha value is -2.23. The van der Waals surface area contributed by atoms with E-state index in [1.165, 1.54) is 17.8 Å². The second-order valence-corrected chi connectivity index (χ2v) is 11.1. The van der Waals surface area contributed by atoms with Gasteiger partial charge in [0.1, 0.15) is 13.2 Å². The quantitative estimate of drug-likeness (QED) is 0.614. The molecule has 178 valence electrons. The number of ether oxygens (including phenoxy) is 2. The summed E-state index contributed by atoms with van der Waals surface area (Å²) in [6.45, 7) is 6.33. The largest absolute Gasteiger partial charge is 0.486 e. The molecule has 0 bridgehead atoms. The van der Waals surface area contributed by atoms with Gasteiger partial charge in [-0.05, 0) is 67.8 Å². The maximum absolute atomic E-state index is 13.2. The van der Waals surface area contributed by atoms with Gasteiger partial charge >= 0.3 is 0 Å². The Kier molecular flexibility index (Phi) is 7.21. The summed E-state index contributed by atoms with van der Waals surface area (Å²) in [5, 5.41) is 0. The van der Waals surface area contributed by atoms with Crippen molar-refractivity contribution >= 4 is 27.7 Å². The van der Waals surface area contributed by atoms with Crippen LogP contribution < -0.4 is 14.2 Å². The smallest absolute Gasteiger partial charge is 0.255 e. The zero-order chi connectivity index (χ0) is 23.6. The summed E-state index contributed by atoms with van der Waals surface area (Å²) in [4.78, 5) is 15.9. The number of sulfonamides is 1. The number of nitrogens with one attached hydrogen (secondary N) is 1. The van der Waals surface area contributed by atoms with Crippen LogP contribution in [-0.2, 0) is 10.0 Å². The number of rotatable bonds is 6. The van der Waals surface area contributed by atoms with E-state index in [0.29, 0.717) is 49.3 Å². The number of likely N-dealkylation sites (tertiary alicyclic amines) is 1. The Bertz CT molecular complexity index is 1130. The van der Waals surface area contributed by atoms with E-state index in [9.17, 15) is 13.2 Å². The first kappa shape index (κ1) is 23.9. The molecule has 1 atom stereocenters. The van der Waals surface area contributed by atoms with Gasteiger partial charge in [-0.1, -0.05) is 13.0 Å². The third kappa shape index (κ3) is 5.31. The summed E-state index contributed by atoms with van der Waals surface area (Å²) in [6, 6.07) is 9.69. The molecule has 1 amide bonds. The summed E-state index contributed by atoms with van der Waals surface area (Å²) < 4.78 is 40.3. The second-order valence-electron chi connectivity index (χ2n) is 8.58. The highest BCUT2D eigenvalue weighted by Crippen LogP contribution is 2.33. The van der Waals surface area contributed by atoms with E-state index >= 15 is 0 Å². The molecule has 2 aromatic carbocycles. The number of carbonyl (C=O) groups is 1. The van der Waals surface area contributed by atoms with Gasteiger partial charge in [0.15, 0.2) is 11.5 Å². The summed E-state index contributed by atoms with van der Waals surface area (Å²) in [5.41, 5.74) is 1.20. The van der Waals surface area contributed by atoms with E-state index in [1.807, 2.05) is 17.2 Å². The molecule has 1 fully saturated rings. The fourth-order valence-electron chi connectivity index (χ4n) is 4.10. The molecule has 0 aromatic heterocycles. The minimum atomic E-state index is -3.85. The lowest BCUT2D eigenvalue weighted by molar-refractivity contribution is 0.0693. The predicted molar refractivity (Wildman–Crippen MR) is 129 cm³/mol. The van der Waals surface area contributed by atoms with Crippen LogP contribution in [0.15, 0.2) is 46.2 Å². The van der Waals surface area contributed by atoms with Crippen molar-refractivity contribution in [2.45, 2.75) is 42.5 Å². The Morgan fingerprint density at radius 3 is 2.48 bits per heavy atom. The van der Waals surface area contributed by atoms with Crippen molar-refractivity contribution in [1.82, 2.24) is 9.62 Å². The van der Waals surface area contributed by atoms with E-state index in [2.05, 4.69) is 11.6 Å². The van der Waals surface area contributed by atoms with Crippen LogP contribution in [0.2, 0.25) is 0 Å². The first-order chi connectivity index (χ1) is 15.8. The fourth-order valence-corrected chi connectivity index (χ4v) is 5.93. The minimum Gasteiger partial charge on any atom is -0.486 e. The molecule has 0 saturated carbocycles. The molecule has 0 radical (unpaired) electrons. The predicted octanol–water partition coefficient (Wildman–Crippen LogP) is 4.09. The first-order valence-corrected chi connectivity index (χ1v) is 13.9. The van der Waals surface area contributed by atoms with E-state index < -0.39 is 16.1 Å². The molecule has 7 nitrogen and oxygen atoms in total. The Balaban J connectivity index is 1.56. The number of hydrogen-bond acceptors (Lipinski definition) is 6. The second kappa shape index (κ2) is 9.95. The van der Waals surface area contributed by atoms with Gasteiger partial charge < -0.3 is 14.4 Å². The number of carbonyl (C=O) groups excluding carboxylic acids is 1. The number of fused-ring (bicyclic) bond motifs is 1. The average molecular weight is 491 g/mol. The topological polar surface area (TPSA) is 84.9 Å². The maximum Gasteiger partial charge on any atom is 0.255 e. The third-order valence-electron chi connectivity index (χ3n) is 6.18. The van der Waals surface area contributed by atoms with Crippen molar-refractivity contribution in [3.63, 3.8) is 0 Å². The fraction of sp³-hybridized carbons (Fsp3) is 0.458. The van der Waals surface area contributed by atoms with E-state index in [1.54, 1.807) is 31.2 Å². The van der Waals surface area contributed by atoms with Crippen molar-refractivity contribution in [2.24, 2.45) is 5.92 Å².